The van der Waals surface area contributed by atoms with Gasteiger partial charge in [0.15, 0.2) is 0 Å². The highest BCUT2D eigenvalue weighted by Crippen LogP contribution is 2.50. The molecule has 0 N–H and O–H groups in total. The molecule has 6 nitrogen and oxygen atoms in total. The summed E-state index contributed by atoms with van der Waals surface area (Å²) in [5, 5.41) is 35.2. The van der Waals surface area contributed by atoms with Gasteiger partial charge < -0.3 is 26.9 Å². The van der Waals surface area contributed by atoms with Gasteiger partial charge in [-0.2, -0.15) is 0 Å². The van der Waals surface area contributed by atoms with E-state index in [0.29, 0.717) is 0 Å². The summed E-state index contributed by atoms with van der Waals surface area (Å²) in [5.41, 5.74) is 18.5. The molecule has 12 heterocycles. The molecule has 0 radical (unpaired) electrons. The first-order valence-electron chi connectivity index (χ1n) is 42.1. The maximum Gasteiger partial charge on any atom is 0.0614 e. The lowest BCUT2D eigenvalue weighted by Crippen LogP contribution is -1.95. The standard InChI is InChI=1S/3C38H22N2S/c1-2-11-24(12-3-1)40-31-16-8-6-15-27(31)36-33(40)19-18-32-37(36)29-20-28-26-14-7-9-17-34(26)41-35(28)21-30(29)38-25-13-5-4-10-23(25)22-39(32)38;1-2-11-24(12-3-1)40-33-16-8-6-14-26(33)29-18-30-28-20-37-31(27-15-7-9-17-36(27)41-37)19-32(28)38-25-13-5-4-10-23(25)22-39(38)34(30)21-35(29)40;1-2-11-24(12-3-1)40-33-16-8-6-14-26(33)29-19-30-28-18-31-27-15-7-9-17-36(27)41-37(31)20-32(28)38-25-13-5-4-10-23(25)22-39(38)34(30)21-35(29)40/h3*1-22H. The number of hydrogen-bond acceptors (Lipinski definition) is 3. The summed E-state index contributed by atoms with van der Waals surface area (Å²) in [6.45, 7) is 0. The Kier molecular flexibility index (Phi) is 14.1. The predicted molar refractivity (Wildman–Crippen MR) is 531 cm³/mol. The zero-order valence-corrected chi connectivity index (χ0v) is 68.5. The van der Waals surface area contributed by atoms with Crippen LogP contribution in [0, 0.1) is 0 Å². The molecule has 0 amide bonds. The summed E-state index contributed by atoms with van der Waals surface area (Å²) in [6, 6.07) is 141. The fourth-order valence-corrected chi connectivity index (χ4v) is 24.7. The molecule has 9 heteroatoms. The number of benzene rings is 18. The van der Waals surface area contributed by atoms with E-state index in [-0.39, 0.29) is 0 Å². The Balaban J connectivity index is 0.0000000946. The third kappa shape index (κ3) is 9.61. The van der Waals surface area contributed by atoms with Gasteiger partial charge in [0.2, 0.25) is 0 Å². The van der Waals surface area contributed by atoms with Crippen molar-refractivity contribution >= 4 is 274 Å². The number of para-hydroxylation sites is 6. The Hall–Kier alpha value is -15.4. The monoisotopic (exact) mass is 1610 g/mol. The predicted octanol–water partition coefficient (Wildman–Crippen LogP) is 32.6. The Bertz CT molecular complexity index is 9850. The summed E-state index contributed by atoms with van der Waals surface area (Å²) in [7, 11) is 0. The van der Waals surface area contributed by atoms with Gasteiger partial charge in [-0.15, -0.1) is 34.0 Å². The molecule has 0 atom stereocenters. The van der Waals surface area contributed by atoms with Gasteiger partial charge in [0.25, 0.3) is 0 Å². The lowest BCUT2D eigenvalue weighted by Gasteiger charge is -2.13. The largest absolute Gasteiger partial charge is 0.315 e. The average molecular weight is 1620 g/mol. The second-order valence-corrected chi connectivity index (χ2v) is 36.2. The van der Waals surface area contributed by atoms with Crippen molar-refractivity contribution in [1.29, 1.82) is 0 Å². The molecule has 0 fully saturated rings. The normalized spacial score (nSPS) is 12.4. The maximum absolute atomic E-state index is 2.47. The quantitative estimate of drug-likeness (QED) is 0.158. The van der Waals surface area contributed by atoms with E-state index in [2.05, 4.69) is 428 Å². The summed E-state index contributed by atoms with van der Waals surface area (Å²) in [6.07, 6.45) is 6.97. The third-order valence-corrected chi connectivity index (χ3v) is 30.0. The molecule has 0 saturated heterocycles. The van der Waals surface area contributed by atoms with Crippen LogP contribution in [0.1, 0.15) is 0 Å². The third-order valence-electron chi connectivity index (χ3n) is 26.6. The van der Waals surface area contributed by atoms with Gasteiger partial charge >= 0.3 is 0 Å². The van der Waals surface area contributed by atoms with Crippen LogP contribution < -0.4 is 0 Å². The molecular weight excluding hydrogens is 1550 g/mol. The molecule has 0 saturated carbocycles. The van der Waals surface area contributed by atoms with Crippen molar-refractivity contribution in [3.8, 4) is 17.1 Å². The van der Waals surface area contributed by atoms with Crippen LogP contribution in [-0.4, -0.2) is 26.9 Å². The fraction of sp³-hybridized carbons (Fsp3) is 0. The molecule has 0 aliphatic heterocycles. The van der Waals surface area contributed by atoms with Gasteiger partial charge in [-0.25, -0.2) is 0 Å². The second kappa shape index (κ2) is 25.6. The van der Waals surface area contributed by atoms with Gasteiger partial charge in [-0.05, 0) is 162 Å². The van der Waals surface area contributed by atoms with Crippen molar-refractivity contribution in [1.82, 2.24) is 26.9 Å². The summed E-state index contributed by atoms with van der Waals surface area (Å²) in [4.78, 5) is 0. The van der Waals surface area contributed by atoms with Crippen LogP contribution in [0.3, 0.4) is 0 Å². The van der Waals surface area contributed by atoms with Crippen molar-refractivity contribution in [2.24, 2.45) is 0 Å². The van der Waals surface area contributed by atoms with Crippen molar-refractivity contribution < 1.29 is 0 Å². The minimum absolute atomic E-state index is 1.18. The average Bonchev–Trinajstić information content (AvgIpc) is 1.56. The van der Waals surface area contributed by atoms with Crippen molar-refractivity contribution in [2.45, 2.75) is 0 Å². The SMILES string of the molecule is c1ccc(-n2c3ccccc3c3c4c5cc6c(cc5c5c7ccccc7cn5c4ccc32)sc2ccccc26)cc1.c1ccc(-n2c3ccccc3c3cc4c5cc6c(cc5c5c7ccccc7cn5c4cc32)sc2ccccc26)cc1.c1ccc(-n2c3ccccc3c3cc4c5cc6sc7ccccc7c6cc5c5c6ccccc6cn5c4cc32)cc1. The summed E-state index contributed by atoms with van der Waals surface area (Å²) < 4.78 is 22.6. The number of rotatable bonds is 3. The number of thiophene rings is 3. The highest BCUT2D eigenvalue weighted by molar-refractivity contribution is 7.26. The molecule has 0 aliphatic rings. The van der Waals surface area contributed by atoms with Crippen molar-refractivity contribution in [3.05, 3.63) is 401 Å². The van der Waals surface area contributed by atoms with Gasteiger partial charge in [0.1, 0.15) is 0 Å². The number of aromatic nitrogens is 6. The molecule has 18 aromatic carbocycles. The van der Waals surface area contributed by atoms with E-state index in [1.54, 1.807) is 0 Å². The summed E-state index contributed by atoms with van der Waals surface area (Å²) in [5.74, 6) is 0. The first kappa shape index (κ1) is 67.5. The summed E-state index contributed by atoms with van der Waals surface area (Å²) >= 11 is 5.68. The molecule has 0 spiro atoms. The Morgan fingerprint density at radius 2 is 0.431 bits per heavy atom. The topological polar surface area (TPSA) is 28.0 Å². The fourth-order valence-electron chi connectivity index (χ4n) is 21.4. The lowest BCUT2D eigenvalue weighted by molar-refractivity contribution is 1.18. The van der Waals surface area contributed by atoms with Gasteiger partial charge in [0, 0.05) is 193 Å². The van der Waals surface area contributed by atoms with E-state index in [9.17, 15) is 0 Å². The minimum Gasteiger partial charge on any atom is -0.315 e. The van der Waals surface area contributed by atoms with Crippen LogP contribution in [0.5, 0.6) is 0 Å². The van der Waals surface area contributed by atoms with E-state index >= 15 is 0 Å². The first-order valence-corrected chi connectivity index (χ1v) is 44.5. The molecule has 0 aliphatic carbocycles. The number of nitrogens with zero attached hydrogens (tertiary/aromatic N) is 6. The maximum atomic E-state index is 2.47. The lowest BCUT2D eigenvalue weighted by atomic mass is 9.97. The smallest absolute Gasteiger partial charge is 0.0614 e. The van der Waals surface area contributed by atoms with E-state index < -0.39 is 0 Å². The molecule has 123 heavy (non-hydrogen) atoms. The highest BCUT2D eigenvalue weighted by Gasteiger charge is 2.26. The molecule has 0 unspecified atom stereocenters. The Morgan fingerprint density at radius 1 is 0.146 bits per heavy atom. The first-order chi connectivity index (χ1) is 61.0. The van der Waals surface area contributed by atoms with Gasteiger partial charge in [-0.3, -0.25) is 0 Å². The van der Waals surface area contributed by atoms with Crippen LogP contribution in [0.2, 0.25) is 0 Å². The molecule has 30 rings (SSSR count). The van der Waals surface area contributed by atoms with E-state index in [1.807, 2.05) is 34.0 Å². The van der Waals surface area contributed by atoms with E-state index in [0.717, 1.165) is 0 Å². The Labute approximate surface area is 713 Å². The number of hydrogen-bond donors (Lipinski definition) is 0. The van der Waals surface area contributed by atoms with Crippen LogP contribution in [-0.2, 0) is 0 Å². The van der Waals surface area contributed by atoms with Gasteiger partial charge in [-0.1, -0.05) is 237 Å². The van der Waals surface area contributed by atoms with Crippen LogP contribution in [0.4, 0.5) is 0 Å². The molecular formula is C114H66N6S3. The van der Waals surface area contributed by atoms with Crippen LogP contribution in [0.25, 0.3) is 257 Å². The van der Waals surface area contributed by atoms with Gasteiger partial charge in [0.05, 0.1) is 66.2 Å². The van der Waals surface area contributed by atoms with Crippen molar-refractivity contribution in [2.75, 3.05) is 0 Å². The van der Waals surface area contributed by atoms with Crippen molar-refractivity contribution in [3.63, 3.8) is 0 Å². The Morgan fingerprint density at radius 3 is 0.878 bits per heavy atom. The number of pyridine rings is 3. The van der Waals surface area contributed by atoms with Crippen LogP contribution in [0.15, 0.2) is 401 Å². The van der Waals surface area contributed by atoms with E-state index in [4.69, 9.17) is 0 Å². The molecule has 570 valence electrons. The second-order valence-electron chi connectivity index (χ2n) is 33.0. The minimum atomic E-state index is 1.18. The number of fused-ring (bicyclic) bond motifs is 43. The van der Waals surface area contributed by atoms with Crippen LogP contribution >= 0.6 is 34.0 Å². The molecule has 0 bridgehead atoms. The molecule has 12 aromatic heterocycles. The molecule has 30 aromatic rings. The zero-order valence-electron chi connectivity index (χ0n) is 66.0. The van der Waals surface area contributed by atoms with E-state index in [1.165, 1.54) is 257 Å². The zero-order chi connectivity index (χ0) is 80.0. The highest BCUT2D eigenvalue weighted by atomic mass is 32.1.